The van der Waals surface area contributed by atoms with E-state index in [0.29, 0.717) is 5.56 Å². The predicted molar refractivity (Wildman–Crippen MR) is 98.9 cm³/mol. The van der Waals surface area contributed by atoms with Crippen molar-refractivity contribution in [3.05, 3.63) is 66.6 Å². The molecule has 0 saturated carbocycles. The Balaban J connectivity index is 0.000000231. The van der Waals surface area contributed by atoms with Gasteiger partial charge in [-0.2, -0.15) is 5.26 Å². The molecule has 2 rings (SSSR count). The number of aromatic carboxylic acids is 1. The van der Waals surface area contributed by atoms with E-state index in [1.807, 2.05) is 39.8 Å². The van der Waals surface area contributed by atoms with Crippen LogP contribution < -0.4 is 0 Å². The van der Waals surface area contributed by atoms with Gasteiger partial charge >= 0.3 is 5.97 Å². The molecule has 2 aromatic carbocycles. The van der Waals surface area contributed by atoms with Gasteiger partial charge < -0.3 is 5.11 Å². The van der Waals surface area contributed by atoms with Gasteiger partial charge in [-0.15, -0.1) is 0 Å². The van der Waals surface area contributed by atoms with Gasteiger partial charge in [0.1, 0.15) is 0 Å². The second-order valence-electron chi connectivity index (χ2n) is 5.27. The average Bonchev–Trinajstić information content (AvgIpc) is 2.49. The summed E-state index contributed by atoms with van der Waals surface area (Å²) in [6, 6.07) is 9.16. The van der Waals surface area contributed by atoms with Gasteiger partial charge in [-0.3, -0.25) is 0 Å². The molecule has 120 valence electrons. The molecule has 0 bridgehead atoms. The molecule has 0 aromatic heterocycles. The summed E-state index contributed by atoms with van der Waals surface area (Å²) in [6.45, 7) is 7.73. The Hall–Kier alpha value is -1.64. The maximum absolute atomic E-state index is 10.6. The van der Waals surface area contributed by atoms with Gasteiger partial charge in [0.25, 0.3) is 0 Å². The number of halogens is 2. The number of carboxylic acids is 1. The Morgan fingerprint density at radius 2 is 1.26 bits per heavy atom. The number of hydrogen-bond acceptors (Lipinski definition) is 2. The van der Waals surface area contributed by atoms with Crippen LogP contribution in [0.3, 0.4) is 0 Å². The SMILES string of the molecule is Cc1cc(C#N)cc(C)c1Br.Cc1cc(C(=O)O)cc(C)c1Br. The molecule has 0 saturated heterocycles. The summed E-state index contributed by atoms with van der Waals surface area (Å²) >= 11 is 6.80. The Labute approximate surface area is 153 Å². The standard InChI is InChI=1S/C9H8BrN.C9H9BrO2/c1-6-3-8(5-11)4-7(2)9(6)10;1-5-3-7(9(11)12)4-6(2)8(5)10/h3-4H,1-2H3;3-4H,1-2H3,(H,11,12). The third-order valence-corrected chi connectivity index (χ3v) is 5.75. The molecule has 0 fully saturated rings. The molecule has 0 aliphatic carbocycles. The van der Waals surface area contributed by atoms with Crippen LogP contribution in [-0.4, -0.2) is 11.1 Å². The summed E-state index contributed by atoms with van der Waals surface area (Å²) in [5, 5.41) is 17.3. The first-order valence-corrected chi connectivity index (χ1v) is 8.42. The molecule has 0 aliphatic rings. The van der Waals surface area contributed by atoms with Crippen LogP contribution in [0.1, 0.15) is 38.2 Å². The quantitative estimate of drug-likeness (QED) is 0.620. The Morgan fingerprint density at radius 3 is 1.57 bits per heavy atom. The smallest absolute Gasteiger partial charge is 0.335 e. The fraction of sp³-hybridized carbons (Fsp3) is 0.222. The zero-order valence-electron chi connectivity index (χ0n) is 13.4. The van der Waals surface area contributed by atoms with E-state index in [4.69, 9.17) is 10.4 Å². The fourth-order valence-electron chi connectivity index (χ4n) is 2.08. The van der Waals surface area contributed by atoms with Crippen LogP contribution in [0, 0.1) is 39.0 Å². The van der Waals surface area contributed by atoms with Crippen LogP contribution in [0.5, 0.6) is 0 Å². The summed E-state index contributed by atoms with van der Waals surface area (Å²) < 4.78 is 2.07. The topological polar surface area (TPSA) is 61.1 Å². The number of rotatable bonds is 1. The number of carbonyl (C=O) groups is 1. The average molecular weight is 439 g/mol. The maximum Gasteiger partial charge on any atom is 0.335 e. The number of aryl methyl sites for hydroxylation is 4. The summed E-state index contributed by atoms with van der Waals surface area (Å²) in [6.07, 6.45) is 0. The monoisotopic (exact) mass is 437 g/mol. The van der Waals surface area contributed by atoms with Crippen molar-refractivity contribution in [3.63, 3.8) is 0 Å². The van der Waals surface area contributed by atoms with E-state index < -0.39 is 5.97 Å². The van der Waals surface area contributed by atoms with Crippen LogP contribution in [0.2, 0.25) is 0 Å². The van der Waals surface area contributed by atoms with Gasteiger partial charge in [0.05, 0.1) is 17.2 Å². The lowest BCUT2D eigenvalue weighted by Crippen LogP contribution is -1.98. The van der Waals surface area contributed by atoms with Crippen LogP contribution in [0.4, 0.5) is 0 Å². The van der Waals surface area contributed by atoms with Crippen molar-refractivity contribution in [2.45, 2.75) is 27.7 Å². The molecule has 0 unspecified atom stereocenters. The van der Waals surface area contributed by atoms with E-state index in [1.165, 1.54) is 0 Å². The van der Waals surface area contributed by atoms with Gasteiger partial charge in [0, 0.05) is 8.95 Å². The first-order valence-electron chi connectivity index (χ1n) is 6.84. The molecule has 1 N–H and O–H groups in total. The molecule has 3 nitrogen and oxygen atoms in total. The van der Waals surface area contributed by atoms with E-state index in [0.717, 1.165) is 36.8 Å². The minimum atomic E-state index is -0.881. The van der Waals surface area contributed by atoms with E-state index in [2.05, 4.69) is 37.9 Å². The number of nitriles is 1. The molecule has 0 aliphatic heterocycles. The number of hydrogen-bond donors (Lipinski definition) is 1. The first kappa shape index (κ1) is 19.4. The van der Waals surface area contributed by atoms with Crippen molar-refractivity contribution in [3.8, 4) is 6.07 Å². The highest BCUT2D eigenvalue weighted by Crippen LogP contribution is 2.22. The third kappa shape index (κ3) is 5.19. The largest absolute Gasteiger partial charge is 0.478 e. The minimum absolute atomic E-state index is 0.341. The van der Waals surface area contributed by atoms with Crippen molar-refractivity contribution < 1.29 is 9.90 Å². The number of benzene rings is 2. The Bertz CT molecular complexity index is 746. The lowest BCUT2D eigenvalue weighted by Gasteiger charge is -2.03. The van der Waals surface area contributed by atoms with E-state index in [-0.39, 0.29) is 0 Å². The van der Waals surface area contributed by atoms with Gasteiger partial charge in [0.15, 0.2) is 0 Å². The molecular weight excluding hydrogens is 422 g/mol. The van der Waals surface area contributed by atoms with Gasteiger partial charge in [0.2, 0.25) is 0 Å². The number of nitrogens with zero attached hydrogens (tertiary/aromatic N) is 1. The minimum Gasteiger partial charge on any atom is -0.478 e. The summed E-state index contributed by atoms with van der Waals surface area (Å²) in [5.74, 6) is -0.881. The van der Waals surface area contributed by atoms with Crippen LogP contribution in [0.25, 0.3) is 0 Å². The molecular formula is C18H17Br2NO2. The summed E-state index contributed by atoms with van der Waals surface area (Å²) in [7, 11) is 0. The Kier molecular flexibility index (Phi) is 6.99. The van der Waals surface area contributed by atoms with Crippen molar-refractivity contribution in [2.75, 3.05) is 0 Å². The first-order chi connectivity index (χ1) is 10.7. The summed E-state index contributed by atoms with van der Waals surface area (Å²) in [5.41, 5.74) is 5.19. The molecule has 0 amide bonds. The Morgan fingerprint density at radius 1 is 0.913 bits per heavy atom. The normalized spacial score (nSPS) is 9.61. The van der Waals surface area contributed by atoms with Crippen LogP contribution in [-0.2, 0) is 0 Å². The predicted octanol–water partition coefficient (Wildman–Crippen LogP) is 5.70. The fourth-order valence-corrected chi connectivity index (χ4v) is 2.54. The zero-order valence-corrected chi connectivity index (χ0v) is 16.5. The molecule has 0 radical (unpaired) electrons. The highest BCUT2D eigenvalue weighted by molar-refractivity contribution is 9.10. The van der Waals surface area contributed by atoms with Crippen molar-refractivity contribution in [1.29, 1.82) is 5.26 Å². The highest BCUT2D eigenvalue weighted by atomic mass is 79.9. The number of carboxylic acid groups (broad SMARTS) is 1. The van der Waals surface area contributed by atoms with Gasteiger partial charge in [-0.1, -0.05) is 31.9 Å². The van der Waals surface area contributed by atoms with E-state index in [1.54, 1.807) is 12.1 Å². The second-order valence-corrected chi connectivity index (χ2v) is 6.85. The molecule has 0 heterocycles. The van der Waals surface area contributed by atoms with Gasteiger partial charge in [-0.25, -0.2) is 4.79 Å². The highest BCUT2D eigenvalue weighted by Gasteiger charge is 2.06. The van der Waals surface area contributed by atoms with E-state index >= 15 is 0 Å². The van der Waals surface area contributed by atoms with Crippen LogP contribution in [0.15, 0.2) is 33.2 Å². The van der Waals surface area contributed by atoms with Crippen molar-refractivity contribution in [1.82, 2.24) is 0 Å². The second kappa shape index (κ2) is 8.28. The maximum atomic E-state index is 10.6. The van der Waals surface area contributed by atoms with E-state index in [9.17, 15) is 4.79 Å². The summed E-state index contributed by atoms with van der Waals surface area (Å²) in [4.78, 5) is 10.6. The molecule has 0 spiro atoms. The van der Waals surface area contributed by atoms with Crippen molar-refractivity contribution >= 4 is 37.8 Å². The van der Waals surface area contributed by atoms with Crippen molar-refractivity contribution in [2.24, 2.45) is 0 Å². The zero-order chi connectivity index (χ0) is 17.7. The van der Waals surface area contributed by atoms with Crippen LogP contribution >= 0.6 is 31.9 Å². The molecule has 23 heavy (non-hydrogen) atoms. The third-order valence-electron chi connectivity index (χ3n) is 3.25. The lowest BCUT2D eigenvalue weighted by molar-refractivity contribution is 0.0696. The van der Waals surface area contributed by atoms with Gasteiger partial charge in [-0.05, 0) is 74.2 Å². The molecule has 0 atom stereocenters. The molecule has 2 aromatic rings. The lowest BCUT2D eigenvalue weighted by atomic mass is 10.1. The molecule has 5 heteroatoms.